The summed E-state index contributed by atoms with van der Waals surface area (Å²) in [6.45, 7) is 4.25. The van der Waals surface area contributed by atoms with Crippen molar-refractivity contribution in [3.8, 4) is 0 Å². The van der Waals surface area contributed by atoms with Crippen LogP contribution in [0, 0.1) is 0 Å². The number of carbonyl (C=O) groups is 1. The van der Waals surface area contributed by atoms with Crippen LogP contribution >= 0.6 is 11.6 Å². The molecule has 2 rings (SSSR count). The topological polar surface area (TPSA) is 55.1 Å². The van der Waals surface area contributed by atoms with Crippen LogP contribution in [0.15, 0.2) is 42.5 Å². The van der Waals surface area contributed by atoms with Crippen molar-refractivity contribution in [1.29, 1.82) is 0 Å². The van der Waals surface area contributed by atoms with Crippen LogP contribution in [0.4, 0.5) is 11.4 Å². The highest BCUT2D eigenvalue weighted by atomic mass is 35.5. The van der Waals surface area contributed by atoms with Crippen molar-refractivity contribution in [3.63, 3.8) is 0 Å². The van der Waals surface area contributed by atoms with E-state index in [0.29, 0.717) is 22.2 Å². The van der Waals surface area contributed by atoms with Crippen LogP contribution in [-0.2, 0) is 0 Å². The standard InChI is InChI=1S/C16H17ClN2O/c1-10(2)11-6-8-12(9-7-11)19-16(20)15-13(17)4-3-5-14(15)18/h3-10H,18H2,1-2H3,(H,19,20). The van der Waals surface area contributed by atoms with Crippen molar-refractivity contribution < 1.29 is 4.79 Å². The molecule has 0 radical (unpaired) electrons. The van der Waals surface area contributed by atoms with Gasteiger partial charge in [-0.15, -0.1) is 0 Å². The third kappa shape index (κ3) is 3.11. The highest BCUT2D eigenvalue weighted by Gasteiger charge is 2.14. The fourth-order valence-corrected chi connectivity index (χ4v) is 2.19. The molecular formula is C16H17ClN2O. The quantitative estimate of drug-likeness (QED) is 0.828. The Kier molecular flexibility index (Phi) is 4.30. The minimum absolute atomic E-state index is 0.301. The van der Waals surface area contributed by atoms with Gasteiger partial charge in [-0.05, 0) is 35.7 Å². The minimum Gasteiger partial charge on any atom is -0.398 e. The van der Waals surface area contributed by atoms with Crippen LogP contribution in [0.1, 0.15) is 35.7 Å². The predicted octanol–water partition coefficient (Wildman–Crippen LogP) is 4.30. The van der Waals surface area contributed by atoms with E-state index in [0.717, 1.165) is 5.69 Å². The third-order valence-electron chi connectivity index (χ3n) is 3.11. The molecule has 104 valence electrons. The monoisotopic (exact) mass is 288 g/mol. The maximum Gasteiger partial charge on any atom is 0.259 e. The molecule has 0 fully saturated rings. The molecule has 1 amide bonds. The summed E-state index contributed by atoms with van der Waals surface area (Å²) in [7, 11) is 0. The van der Waals surface area contributed by atoms with E-state index >= 15 is 0 Å². The van der Waals surface area contributed by atoms with E-state index in [1.54, 1.807) is 18.2 Å². The molecule has 0 saturated carbocycles. The van der Waals surface area contributed by atoms with E-state index < -0.39 is 0 Å². The average molecular weight is 289 g/mol. The first-order valence-corrected chi connectivity index (χ1v) is 6.82. The lowest BCUT2D eigenvalue weighted by Gasteiger charge is -2.10. The summed E-state index contributed by atoms with van der Waals surface area (Å²) in [5, 5.41) is 3.15. The van der Waals surface area contributed by atoms with E-state index in [-0.39, 0.29) is 5.91 Å². The number of benzene rings is 2. The van der Waals surface area contributed by atoms with Crippen LogP contribution in [0.25, 0.3) is 0 Å². The maximum absolute atomic E-state index is 12.2. The third-order valence-corrected chi connectivity index (χ3v) is 3.42. The number of amides is 1. The molecule has 0 saturated heterocycles. The fourth-order valence-electron chi connectivity index (χ4n) is 1.93. The lowest BCUT2D eigenvalue weighted by atomic mass is 10.0. The predicted molar refractivity (Wildman–Crippen MR) is 84.3 cm³/mol. The van der Waals surface area contributed by atoms with Gasteiger partial charge in [0.15, 0.2) is 0 Å². The van der Waals surface area contributed by atoms with Gasteiger partial charge >= 0.3 is 0 Å². The molecule has 0 aromatic heterocycles. The largest absolute Gasteiger partial charge is 0.398 e. The SMILES string of the molecule is CC(C)c1ccc(NC(=O)c2c(N)cccc2Cl)cc1. The zero-order chi connectivity index (χ0) is 14.7. The van der Waals surface area contributed by atoms with Crippen LogP contribution in [0.5, 0.6) is 0 Å². The van der Waals surface area contributed by atoms with Gasteiger partial charge in [-0.3, -0.25) is 4.79 Å². The lowest BCUT2D eigenvalue weighted by molar-refractivity contribution is 0.102. The minimum atomic E-state index is -0.301. The molecule has 0 aliphatic carbocycles. The first-order valence-electron chi connectivity index (χ1n) is 6.44. The summed E-state index contributed by atoms with van der Waals surface area (Å²) in [4.78, 5) is 12.2. The number of nitrogens with one attached hydrogen (secondary N) is 1. The zero-order valence-corrected chi connectivity index (χ0v) is 12.2. The van der Waals surface area contributed by atoms with E-state index in [1.807, 2.05) is 24.3 Å². The fraction of sp³-hybridized carbons (Fsp3) is 0.188. The summed E-state index contributed by atoms with van der Waals surface area (Å²) >= 11 is 6.02. The number of rotatable bonds is 3. The number of hydrogen-bond acceptors (Lipinski definition) is 2. The molecule has 3 N–H and O–H groups in total. The van der Waals surface area contributed by atoms with Crippen molar-refractivity contribution in [2.24, 2.45) is 0 Å². The maximum atomic E-state index is 12.2. The second-order valence-electron chi connectivity index (χ2n) is 4.93. The van der Waals surface area contributed by atoms with Gasteiger partial charge in [0.1, 0.15) is 0 Å². The Morgan fingerprint density at radius 1 is 1.15 bits per heavy atom. The van der Waals surface area contributed by atoms with Crippen LogP contribution in [0.3, 0.4) is 0 Å². The van der Waals surface area contributed by atoms with E-state index in [2.05, 4.69) is 19.2 Å². The molecule has 2 aromatic carbocycles. The molecule has 0 aliphatic heterocycles. The first kappa shape index (κ1) is 14.4. The summed E-state index contributed by atoms with van der Waals surface area (Å²) in [6, 6.07) is 12.8. The Hall–Kier alpha value is -2.00. The van der Waals surface area contributed by atoms with Crippen LogP contribution < -0.4 is 11.1 Å². The molecule has 0 spiro atoms. The molecule has 0 bridgehead atoms. The van der Waals surface area contributed by atoms with Crippen LogP contribution in [0.2, 0.25) is 5.02 Å². The first-order chi connectivity index (χ1) is 9.49. The summed E-state index contributed by atoms with van der Waals surface area (Å²) in [5.41, 5.74) is 8.41. The molecule has 3 nitrogen and oxygen atoms in total. The molecule has 0 aliphatic rings. The highest BCUT2D eigenvalue weighted by molar-refractivity contribution is 6.35. The Labute approximate surface area is 123 Å². The van der Waals surface area contributed by atoms with Gasteiger partial charge in [-0.1, -0.05) is 43.6 Å². The van der Waals surface area contributed by atoms with Gasteiger partial charge in [0.25, 0.3) is 5.91 Å². The van der Waals surface area contributed by atoms with E-state index in [9.17, 15) is 4.79 Å². The van der Waals surface area contributed by atoms with Crippen molar-refractivity contribution in [2.45, 2.75) is 19.8 Å². The van der Waals surface area contributed by atoms with Gasteiger partial charge in [0, 0.05) is 11.4 Å². The van der Waals surface area contributed by atoms with Gasteiger partial charge < -0.3 is 11.1 Å². The van der Waals surface area contributed by atoms with E-state index in [4.69, 9.17) is 17.3 Å². The number of nitrogen functional groups attached to an aromatic ring is 1. The van der Waals surface area contributed by atoms with Crippen molar-refractivity contribution in [3.05, 3.63) is 58.6 Å². The Bertz CT molecular complexity index is 601. The van der Waals surface area contributed by atoms with Crippen molar-refractivity contribution in [2.75, 3.05) is 11.1 Å². The Morgan fingerprint density at radius 3 is 2.35 bits per heavy atom. The van der Waals surface area contributed by atoms with Gasteiger partial charge in [-0.2, -0.15) is 0 Å². The zero-order valence-electron chi connectivity index (χ0n) is 11.5. The molecule has 4 heteroatoms. The number of anilines is 2. The summed E-state index contributed by atoms with van der Waals surface area (Å²) in [5.74, 6) is 0.157. The number of nitrogens with two attached hydrogens (primary N) is 1. The van der Waals surface area contributed by atoms with E-state index in [1.165, 1.54) is 5.56 Å². The number of hydrogen-bond donors (Lipinski definition) is 2. The van der Waals surface area contributed by atoms with Crippen molar-refractivity contribution >= 4 is 28.9 Å². The summed E-state index contributed by atoms with van der Waals surface area (Å²) < 4.78 is 0. The number of carbonyl (C=O) groups excluding carboxylic acids is 1. The van der Waals surface area contributed by atoms with Crippen LogP contribution in [-0.4, -0.2) is 5.91 Å². The Morgan fingerprint density at radius 2 is 1.80 bits per heavy atom. The normalized spacial score (nSPS) is 10.6. The smallest absolute Gasteiger partial charge is 0.259 e. The van der Waals surface area contributed by atoms with Gasteiger partial charge in [-0.25, -0.2) is 0 Å². The average Bonchev–Trinajstić information content (AvgIpc) is 2.39. The van der Waals surface area contributed by atoms with Crippen molar-refractivity contribution in [1.82, 2.24) is 0 Å². The second-order valence-corrected chi connectivity index (χ2v) is 5.34. The van der Waals surface area contributed by atoms with Gasteiger partial charge in [0.05, 0.1) is 10.6 Å². The molecule has 0 atom stereocenters. The Balaban J connectivity index is 2.19. The molecule has 0 unspecified atom stereocenters. The molecule has 0 heterocycles. The highest BCUT2D eigenvalue weighted by Crippen LogP contribution is 2.24. The molecule has 20 heavy (non-hydrogen) atoms. The second kappa shape index (κ2) is 5.97. The lowest BCUT2D eigenvalue weighted by Crippen LogP contribution is -2.14. The number of halogens is 1. The van der Waals surface area contributed by atoms with Gasteiger partial charge in [0.2, 0.25) is 0 Å². The molecule has 2 aromatic rings. The molecular weight excluding hydrogens is 272 g/mol. The summed E-state index contributed by atoms with van der Waals surface area (Å²) in [6.07, 6.45) is 0.